The zero-order chi connectivity index (χ0) is 6.15. The zero-order valence-corrected chi connectivity index (χ0v) is 7.83. The van der Waals surface area contributed by atoms with Crippen LogP contribution < -0.4 is 0 Å². The van der Waals surface area contributed by atoms with E-state index in [1.807, 2.05) is 0 Å². The minimum atomic E-state index is -0.0154. The fourth-order valence-electron chi connectivity index (χ4n) is 0.326. The van der Waals surface area contributed by atoms with Crippen molar-refractivity contribution in [3.05, 3.63) is 0 Å². The maximum Gasteiger partial charge on any atom is 0.0964 e. The molecule has 0 radical (unpaired) electrons. The second kappa shape index (κ2) is 2.79. The van der Waals surface area contributed by atoms with Crippen molar-refractivity contribution in [2.45, 2.75) is 0 Å². The lowest BCUT2D eigenvalue weighted by Gasteiger charge is -1.79. The van der Waals surface area contributed by atoms with Gasteiger partial charge < -0.3 is 0 Å². The molecule has 0 spiro atoms. The third-order valence-corrected chi connectivity index (χ3v) is 5.73. The summed E-state index contributed by atoms with van der Waals surface area (Å²) in [6.07, 6.45) is 0. The number of rotatable bonds is 0. The lowest BCUT2D eigenvalue weighted by atomic mass is 10.6. The van der Waals surface area contributed by atoms with Crippen LogP contribution >= 0.6 is 35.2 Å². The van der Waals surface area contributed by atoms with Crippen LogP contribution in [0.25, 0.3) is 0 Å². The first-order chi connectivity index (χ1) is 3.70. The molecule has 5 heteroatoms. The summed E-state index contributed by atoms with van der Waals surface area (Å²) in [5.74, 6) is 0.855. The number of thiocarbonyl (C=S) groups is 2. The first kappa shape index (κ1) is 7.21. The molecule has 0 amide bonds. The molecule has 8 heavy (non-hydrogen) atoms. The van der Waals surface area contributed by atoms with Crippen molar-refractivity contribution >= 4 is 64.0 Å². The van der Waals surface area contributed by atoms with Gasteiger partial charge in [0.25, 0.3) is 0 Å². The summed E-state index contributed by atoms with van der Waals surface area (Å²) < 4.78 is 0.846. The molecular formula is C3H2S5. The molecule has 1 rings (SSSR count). The molecule has 0 N–H and O–H groups in total. The smallest absolute Gasteiger partial charge is 0.0818 e. The molecule has 1 atom stereocenters. The summed E-state index contributed by atoms with van der Waals surface area (Å²) in [5.41, 5.74) is 0. The molecule has 44 valence electrons. The summed E-state index contributed by atoms with van der Waals surface area (Å²) >= 11 is 14.7. The van der Waals surface area contributed by atoms with Gasteiger partial charge in [0, 0.05) is 5.75 Å². The summed E-state index contributed by atoms with van der Waals surface area (Å²) in [6.45, 7) is 0. The van der Waals surface area contributed by atoms with Gasteiger partial charge in [0.15, 0.2) is 0 Å². The third kappa shape index (κ3) is 1.54. The van der Waals surface area contributed by atoms with E-state index in [1.54, 1.807) is 10.8 Å². The summed E-state index contributed by atoms with van der Waals surface area (Å²) in [6, 6.07) is 0. The molecule has 1 heterocycles. The van der Waals surface area contributed by atoms with Gasteiger partial charge in [-0.3, -0.25) is 0 Å². The minimum Gasteiger partial charge on any atom is -0.0818 e. The molecule has 1 aliphatic rings. The molecular weight excluding hydrogens is 196 g/mol. The van der Waals surface area contributed by atoms with E-state index in [0.29, 0.717) is 0 Å². The second-order valence-corrected chi connectivity index (χ2v) is 7.42. The zero-order valence-electron chi connectivity index (χ0n) is 3.75. The second-order valence-electron chi connectivity index (χ2n) is 1.24. The standard InChI is InChI=1S/C3H2S5/c4-2-1-8(6)7-3(2)5/h1H2. The van der Waals surface area contributed by atoms with Crippen molar-refractivity contribution in [3.8, 4) is 0 Å². The Morgan fingerprint density at radius 3 is 2.25 bits per heavy atom. The third-order valence-electron chi connectivity index (χ3n) is 0.645. The SMILES string of the molecule is S=C1CS(=S)SC1=S. The van der Waals surface area contributed by atoms with Crippen LogP contribution in [0.4, 0.5) is 0 Å². The number of hydrogen-bond donors (Lipinski definition) is 0. The Morgan fingerprint density at radius 1 is 1.50 bits per heavy atom. The van der Waals surface area contributed by atoms with E-state index in [2.05, 4.69) is 0 Å². The van der Waals surface area contributed by atoms with Crippen molar-refractivity contribution in [2.75, 3.05) is 5.75 Å². The van der Waals surface area contributed by atoms with E-state index in [9.17, 15) is 0 Å². The van der Waals surface area contributed by atoms with Crippen LogP contribution in [0.2, 0.25) is 0 Å². The van der Waals surface area contributed by atoms with Gasteiger partial charge in [-0.25, -0.2) is 0 Å². The highest BCUT2D eigenvalue weighted by Gasteiger charge is 2.17. The predicted molar refractivity (Wildman–Crippen MR) is 52.4 cm³/mol. The van der Waals surface area contributed by atoms with Gasteiger partial charge in [0.05, 0.1) is 9.06 Å². The highest BCUT2D eigenvalue weighted by molar-refractivity contribution is 8.90. The van der Waals surface area contributed by atoms with Gasteiger partial charge in [-0.05, 0) is 22.0 Å². The largest absolute Gasteiger partial charge is 0.0964 e. The summed E-state index contributed by atoms with van der Waals surface area (Å²) in [4.78, 5) is 0.892. The minimum absolute atomic E-state index is 0.0154. The van der Waals surface area contributed by atoms with Gasteiger partial charge in [-0.2, -0.15) is 0 Å². The molecule has 0 aromatic carbocycles. The van der Waals surface area contributed by atoms with Crippen LogP contribution in [-0.4, -0.2) is 14.8 Å². The van der Waals surface area contributed by atoms with E-state index in [0.717, 1.165) is 14.8 Å². The van der Waals surface area contributed by atoms with Crippen LogP contribution in [-0.2, 0) is 19.7 Å². The van der Waals surface area contributed by atoms with E-state index in [-0.39, 0.29) is 8.49 Å². The highest BCUT2D eigenvalue weighted by atomic mass is 33.3. The van der Waals surface area contributed by atoms with Crippen molar-refractivity contribution in [1.29, 1.82) is 0 Å². The van der Waals surface area contributed by atoms with Gasteiger partial charge in [-0.15, -0.1) is 0 Å². The first-order valence-corrected chi connectivity index (χ1v) is 6.31. The predicted octanol–water partition coefficient (Wildman–Crippen LogP) is 1.43. The molecule has 1 fully saturated rings. The van der Waals surface area contributed by atoms with Crippen LogP contribution in [0.15, 0.2) is 0 Å². The molecule has 0 aromatic heterocycles. The molecule has 1 aliphatic heterocycles. The quantitative estimate of drug-likeness (QED) is 0.426. The molecule has 1 unspecified atom stereocenters. The monoisotopic (exact) mass is 198 g/mol. The normalized spacial score (nSPS) is 29.2. The fourth-order valence-corrected chi connectivity index (χ4v) is 5.85. The maximum absolute atomic E-state index is 4.97. The van der Waals surface area contributed by atoms with Crippen molar-refractivity contribution in [3.63, 3.8) is 0 Å². The Morgan fingerprint density at radius 2 is 2.12 bits per heavy atom. The van der Waals surface area contributed by atoms with Crippen LogP contribution in [0.1, 0.15) is 0 Å². The van der Waals surface area contributed by atoms with Gasteiger partial charge in [-0.1, -0.05) is 32.9 Å². The Bertz CT molecular complexity index is 151. The lowest BCUT2D eigenvalue weighted by Crippen LogP contribution is -1.98. The van der Waals surface area contributed by atoms with E-state index < -0.39 is 0 Å². The Hall–Kier alpha value is 1.10. The topological polar surface area (TPSA) is 0 Å². The molecule has 1 saturated heterocycles. The lowest BCUT2D eigenvalue weighted by molar-refractivity contribution is 2.14. The van der Waals surface area contributed by atoms with Crippen LogP contribution in [0.5, 0.6) is 0 Å². The van der Waals surface area contributed by atoms with E-state index >= 15 is 0 Å². The van der Waals surface area contributed by atoms with Crippen LogP contribution in [0.3, 0.4) is 0 Å². The van der Waals surface area contributed by atoms with E-state index in [1.165, 1.54) is 0 Å². The first-order valence-electron chi connectivity index (χ1n) is 1.84. The Labute approximate surface area is 69.4 Å². The van der Waals surface area contributed by atoms with E-state index in [4.69, 9.17) is 35.6 Å². The molecule has 0 aliphatic carbocycles. The number of hydrogen-bond acceptors (Lipinski definition) is 4. The Kier molecular flexibility index (Phi) is 2.51. The fraction of sp³-hybridized carbons (Fsp3) is 0.333. The average molecular weight is 198 g/mol. The molecule has 0 saturated carbocycles. The van der Waals surface area contributed by atoms with Gasteiger partial charge >= 0.3 is 0 Å². The molecule has 0 aromatic rings. The van der Waals surface area contributed by atoms with Crippen molar-refractivity contribution in [2.24, 2.45) is 0 Å². The summed E-state index contributed by atoms with van der Waals surface area (Å²) in [5, 5.41) is 0. The Balaban J connectivity index is 2.79. The molecule has 0 nitrogen and oxygen atoms in total. The van der Waals surface area contributed by atoms with Gasteiger partial charge in [0.2, 0.25) is 0 Å². The highest BCUT2D eigenvalue weighted by Crippen LogP contribution is 2.21. The van der Waals surface area contributed by atoms with Crippen LogP contribution in [0, 0.1) is 0 Å². The van der Waals surface area contributed by atoms with Gasteiger partial charge in [0.1, 0.15) is 0 Å². The average Bonchev–Trinajstić information content (AvgIpc) is 1.85. The maximum atomic E-state index is 4.97. The van der Waals surface area contributed by atoms with Crippen molar-refractivity contribution in [1.82, 2.24) is 0 Å². The van der Waals surface area contributed by atoms with Crippen molar-refractivity contribution < 1.29 is 0 Å². The summed E-state index contributed by atoms with van der Waals surface area (Å²) in [7, 11) is 1.55. The molecule has 0 bridgehead atoms.